The molecule has 0 unspecified atom stereocenters. The maximum Gasteiger partial charge on any atom is 0.107 e. The largest absolute Gasteiger partial charge is 0.328 e. The minimum absolute atomic E-state index is 0.205. The lowest BCUT2D eigenvalue weighted by molar-refractivity contribution is 0.746. The van der Waals surface area contributed by atoms with E-state index in [2.05, 4.69) is 15.9 Å². The molecule has 1 heterocycles. The van der Waals surface area contributed by atoms with Crippen molar-refractivity contribution in [1.82, 2.24) is 0 Å². The number of rotatable bonds is 2. The zero-order valence-electron chi connectivity index (χ0n) is 6.10. The topological polar surface area (TPSA) is 26.0 Å². The van der Waals surface area contributed by atoms with E-state index < -0.39 is 0 Å². The lowest BCUT2D eigenvalue weighted by Gasteiger charge is -1.99. The Morgan fingerprint density at radius 3 is 2.82 bits per heavy atom. The van der Waals surface area contributed by atoms with Gasteiger partial charge in [0.1, 0.15) is 4.34 Å². The van der Waals surface area contributed by atoms with Gasteiger partial charge in [0.05, 0.1) is 0 Å². The maximum atomic E-state index is 5.84. The smallest absolute Gasteiger partial charge is 0.107 e. The minimum atomic E-state index is 0.205. The Balaban J connectivity index is 2.73. The molecule has 4 heteroatoms. The normalized spacial score (nSPS) is 13.5. The molecular formula is C7H9BrClNS. The van der Waals surface area contributed by atoms with Crippen molar-refractivity contribution in [3.8, 4) is 0 Å². The Bertz CT molecular complexity index is 227. The quantitative estimate of drug-likeness (QED) is 0.862. The van der Waals surface area contributed by atoms with Gasteiger partial charge in [0.15, 0.2) is 0 Å². The van der Waals surface area contributed by atoms with Crippen LogP contribution in [0.5, 0.6) is 0 Å². The molecule has 0 saturated carbocycles. The second-order valence-electron chi connectivity index (χ2n) is 2.52. The number of hydrogen-bond acceptors (Lipinski definition) is 2. The summed E-state index contributed by atoms with van der Waals surface area (Å²) in [5.74, 6) is 0. The van der Waals surface area contributed by atoms with Crippen molar-refractivity contribution in [3.05, 3.63) is 19.8 Å². The van der Waals surface area contributed by atoms with E-state index in [4.69, 9.17) is 17.3 Å². The van der Waals surface area contributed by atoms with Crippen LogP contribution in [-0.4, -0.2) is 6.04 Å². The number of hydrogen-bond donors (Lipinski definition) is 1. The van der Waals surface area contributed by atoms with Crippen molar-refractivity contribution in [2.75, 3.05) is 0 Å². The van der Waals surface area contributed by atoms with Crippen LogP contribution in [0.25, 0.3) is 0 Å². The summed E-state index contributed by atoms with van der Waals surface area (Å²) in [6.07, 6.45) is 0.899. The molecule has 1 aromatic heterocycles. The standard InChI is InChI=1S/C7H9BrClNS/c1-4(10)2-5-3-6(8)7(9)11-5/h3-4H,2,10H2,1H3/t4-/m1/s1. The van der Waals surface area contributed by atoms with E-state index in [1.54, 1.807) is 11.3 Å². The molecule has 0 radical (unpaired) electrons. The van der Waals surface area contributed by atoms with Crippen LogP contribution in [0.1, 0.15) is 11.8 Å². The highest BCUT2D eigenvalue weighted by molar-refractivity contribution is 9.10. The van der Waals surface area contributed by atoms with Gasteiger partial charge in [-0.15, -0.1) is 11.3 Å². The summed E-state index contributed by atoms with van der Waals surface area (Å²) >= 11 is 10.8. The first kappa shape index (κ1) is 9.52. The molecular weight excluding hydrogens is 246 g/mol. The molecule has 11 heavy (non-hydrogen) atoms. The van der Waals surface area contributed by atoms with Crippen molar-refractivity contribution in [2.24, 2.45) is 5.73 Å². The van der Waals surface area contributed by atoms with E-state index in [1.807, 2.05) is 13.0 Å². The van der Waals surface area contributed by atoms with Crippen LogP contribution in [0.15, 0.2) is 10.5 Å². The van der Waals surface area contributed by atoms with Crippen LogP contribution in [0, 0.1) is 0 Å². The fraction of sp³-hybridized carbons (Fsp3) is 0.429. The predicted octanol–water partition coefficient (Wildman–Crippen LogP) is 3.05. The Morgan fingerprint density at radius 1 is 1.82 bits per heavy atom. The van der Waals surface area contributed by atoms with Crippen molar-refractivity contribution in [3.63, 3.8) is 0 Å². The van der Waals surface area contributed by atoms with Crippen molar-refractivity contribution < 1.29 is 0 Å². The van der Waals surface area contributed by atoms with Gasteiger partial charge in [-0.25, -0.2) is 0 Å². The Labute approximate surface area is 83.7 Å². The summed E-state index contributed by atoms with van der Waals surface area (Å²) < 4.78 is 1.78. The third-order valence-electron chi connectivity index (χ3n) is 1.22. The molecule has 0 saturated heterocycles. The minimum Gasteiger partial charge on any atom is -0.328 e. The van der Waals surface area contributed by atoms with E-state index in [-0.39, 0.29) is 6.04 Å². The Kier molecular flexibility index (Phi) is 3.37. The summed E-state index contributed by atoms with van der Waals surface area (Å²) in [4.78, 5) is 1.23. The monoisotopic (exact) mass is 253 g/mol. The predicted molar refractivity (Wildman–Crippen MR) is 54.4 cm³/mol. The van der Waals surface area contributed by atoms with Crippen LogP contribution in [0.2, 0.25) is 4.34 Å². The third-order valence-corrected chi connectivity index (χ3v) is 3.72. The van der Waals surface area contributed by atoms with Gasteiger partial charge in [0.2, 0.25) is 0 Å². The van der Waals surface area contributed by atoms with Crippen LogP contribution >= 0.6 is 38.9 Å². The first-order valence-electron chi connectivity index (χ1n) is 3.29. The molecule has 0 aliphatic rings. The first-order chi connectivity index (χ1) is 5.09. The molecule has 0 amide bonds. The van der Waals surface area contributed by atoms with Crippen LogP contribution in [0.3, 0.4) is 0 Å². The Hall–Kier alpha value is 0.430. The highest BCUT2D eigenvalue weighted by atomic mass is 79.9. The fourth-order valence-corrected chi connectivity index (χ4v) is 2.74. The van der Waals surface area contributed by atoms with Gasteiger partial charge in [-0.1, -0.05) is 11.6 Å². The summed E-state index contributed by atoms with van der Waals surface area (Å²) in [7, 11) is 0. The zero-order chi connectivity index (χ0) is 8.43. The second kappa shape index (κ2) is 3.90. The van der Waals surface area contributed by atoms with Crippen LogP contribution < -0.4 is 5.73 Å². The van der Waals surface area contributed by atoms with Gasteiger partial charge in [-0.05, 0) is 35.3 Å². The van der Waals surface area contributed by atoms with Gasteiger partial charge in [0, 0.05) is 15.4 Å². The molecule has 1 rings (SSSR count). The summed E-state index contributed by atoms with van der Waals surface area (Å²) in [6, 6.07) is 2.23. The van der Waals surface area contributed by atoms with Crippen molar-refractivity contribution in [1.29, 1.82) is 0 Å². The fourth-order valence-electron chi connectivity index (χ4n) is 0.809. The van der Waals surface area contributed by atoms with E-state index in [9.17, 15) is 0 Å². The zero-order valence-corrected chi connectivity index (χ0v) is 9.26. The van der Waals surface area contributed by atoms with Crippen LogP contribution in [0.4, 0.5) is 0 Å². The van der Waals surface area contributed by atoms with E-state index >= 15 is 0 Å². The highest BCUT2D eigenvalue weighted by Crippen LogP contribution is 2.32. The van der Waals surface area contributed by atoms with E-state index in [1.165, 1.54) is 4.88 Å². The van der Waals surface area contributed by atoms with Gasteiger partial charge >= 0.3 is 0 Å². The van der Waals surface area contributed by atoms with Gasteiger partial charge in [0.25, 0.3) is 0 Å². The van der Waals surface area contributed by atoms with Gasteiger partial charge in [-0.2, -0.15) is 0 Å². The summed E-state index contributed by atoms with van der Waals surface area (Å²) in [5.41, 5.74) is 5.63. The molecule has 1 nitrogen and oxygen atoms in total. The third kappa shape index (κ3) is 2.75. The lowest BCUT2D eigenvalue weighted by atomic mass is 10.2. The van der Waals surface area contributed by atoms with Crippen molar-refractivity contribution >= 4 is 38.9 Å². The molecule has 0 aliphatic heterocycles. The molecule has 0 bridgehead atoms. The molecule has 0 spiro atoms. The molecule has 1 atom stereocenters. The van der Waals surface area contributed by atoms with Gasteiger partial charge < -0.3 is 5.73 Å². The molecule has 62 valence electrons. The number of halogens is 2. The van der Waals surface area contributed by atoms with Crippen LogP contribution in [-0.2, 0) is 6.42 Å². The maximum absolute atomic E-state index is 5.84. The first-order valence-corrected chi connectivity index (χ1v) is 5.27. The van der Waals surface area contributed by atoms with E-state index in [0.717, 1.165) is 15.2 Å². The molecule has 0 aliphatic carbocycles. The number of nitrogens with two attached hydrogens (primary N) is 1. The SMILES string of the molecule is C[C@@H](N)Cc1cc(Br)c(Cl)s1. The van der Waals surface area contributed by atoms with Gasteiger partial charge in [-0.3, -0.25) is 0 Å². The summed E-state index contributed by atoms with van der Waals surface area (Å²) in [6.45, 7) is 1.99. The molecule has 2 N–H and O–H groups in total. The van der Waals surface area contributed by atoms with E-state index in [0.29, 0.717) is 0 Å². The lowest BCUT2D eigenvalue weighted by Crippen LogP contribution is -2.16. The Morgan fingerprint density at radius 2 is 2.45 bits per heavy atom. The number of thiophene rings is 1. The molecule has 0 aromatic carbocycles. The molecule has 0 fully saturated rings. The average molecular weight is 255 g/mol. The molecule has 1 aromatic rings. The highest BCUT2D eigenvalue weighted by Gasteiger charge is 2.05. The van der Waals surface area contributed by atoms with Crippen molar-refractivity contribution in [2.45, 2.75) is 19.4 Å². The summed E-state index contributed by atoms with van der Waals surface area (Å²) in [5, 5.41) is 0. The average Bonchev–Trinajstić information content (AvgIpc) is 2.10. The second-order valence-corrected chi connectivity index (χ2v) is 5.11.